The number of nitrogens with zero attached hydrogens (tertiary/aromatic N) is 1. The van der Waals surface area contributed by atoms with Gasteiger partial charge in [-0.05, 0) is 49.3 Å². The zero-order chi connectivity index (χ0) is 21.0. The molecule has 4 amide bonds. The first kappa shape index (κ1) is 20.6. The Labute approximate surface area is 168 Å². The predicted octanol–water partition coefficient (Wildman–Crippen LogP) is 1.31. The first-order chi connectivity index (χ1) is 13.8. The van der Waals surface area contributed by atoms with Crippen LogP contribution in [0.3, 0.4) is 0 Å². The van der Waals surface area contributed by atoms with E-state index in [-0.39, 0.29) is 6.42 Å². The molecule has 2 N–H and O–H groups in total. The minimum absolute atomic E-state index is 0.0122. The Balaban J connectivity index is 1.48. The molecule has 1 aromatic carbocycles. The van der Waals surface area contributed by atoms with Crippen LogP contribution in [0.5, 0.6) is 5.75 Å². The SMILES string of the molecule is COc1ccc(CC(=O)OCC(=O)NN2C(=O)NC3(CCC(C)CC3)C2=O)cc1. The monoisotopic (exact) mass is 403 g/mol. The van der Waals surface area contributed by atoms with E-state index in [0.717, 1.165) is 12.8 Å². The van der Waals surface area contributed by atoms with Crippen LogP contribution in [-0.4, -0.2) is 48.1 Å². The molecule has 1 saturated carbocycles. The summed E-state index contributed by atoms with van der Waals surface area (Å²) in [7, 11) is 1.55. The zero-order valence-corrected chi connectivity index (χ0v) is 16.5. The number of nitrogens with one attached hydrogen (secondary N) is 2. The minimum atomic E-state index is -0.943. The molecule has 2 fully saturated rings. The summed E-state index contributed by atoms with van der Waals surface area (Å²) in [6, 6.07) is 6.21. The van der Waals surface area contributed by atoms with Gasteiger partial charge in [0.2, 0.25) is 0 Å². The van der Waals surface area contributed by atoms with E-state index in [9.17, 15) is 19.2 Å². The fourth-order valence-electron chi connectivity index (χ4n) is 3.58. The number of hydrogen-bond donors (Lipinski definition) is 2. The molecule has 1 spiro atoms. The van der Waals surface area contributed by atoms with Crippen molar-refractivity contribution >= 4 is 23.8 Å². The highest BCUT2D eigenvalue weighted by molar-refractivity contribution is 6.08. The Morgan fingerprint density at radius 3 is 2.48 bits per heavy atom. The second-order valence-electron chi connectivity index (χ2n) is 7.56. The second-order valence-corrected chi connectivity index (χ2v) is 7.56. The first-order valence-corrected chi connectivity index (χ1v) is 9.58. The van der Waals surface area contributed by atoms with Gasteiger partial charge in [-0.15, -0.1) is 0 Å². The van der Waals surface area contributed by atoms with Crippen LogP contribution in [0.4, 0.5) is 4.79 Å². The molecular weight excluding hydrogens is 378 g/mol. The van der Waals surface area contributed by atoms with E-state index in [2.05, 4.69) is 17.7 Å². The molecule has 9 nitrogen and oxygen atoms in total. The van der Waals surface area contributed by atoms with Crippen molar-refractivity contribution in [1.29, 1.82) is 0 Å². The van der Waals surface area contributed by atoms with Crippen molar-refractivity contribution in [3.63, 3.8) is 0 Å². The highest BCUT2D eigenvalue weighted by atomic mass is 16.5. The number of esters is 1. The summed E-state index contributed by atoms with van der Waals surface area (Å²) in [5.41, 5.74) is 2.00. The van der Waals surface area contributed by atoms with Crippen LogP contribution >= 0.6 is 0 Å². The Morgan fingerprint density at radius 2 is 1.86 bits per heavy atom. The third-order valence-electron chi connectivity index (χ3n) is 5.40. The number of methoxy groups -OCH3 is 1. The normalized spacial score (nSPS) is 23.7. The average molecular weight is 403 g/mol. The molecule has 1 aromatic rings. The minimum Gasteiger partial charge on any atom is -0.497 e. The second kappa shape index (κ2) is 8.50. The van der Waals surface area contributed by atoms with Crippen LogP contribution in [-0.2, 0) is 25.5 Å². The first-order valence-electron chi connectivity index (χ1n) is 9.58. The molecule has 0 aromatic heterocycles. The van der Waals surface area contributed by atoms with Gasteiger partial charge < -0.3 is 14.8 Å². The average Bonchev–Trinajstić information content (AvgIpc) is 2.93. The number of hydrogen-bond acceptors (Lipinski definition) is 6. The number of ether oxygens (including phenoxy) is 2. The summed E-state index contributed by atoms with van der Waals surface area (Å²) in [5.74, 6) is -0.648. The van der Waals surface area contributed by atoms with Crippen molar-refractivity contribution in [3.8, 4) is 5.75 Å². The predicted molar refractivity (Wildman–Crippen MR) is 102 cm³/mol. The Kier molecular flexibility index (Phi) is 6.05. The third kappa shape index (κ3) is 4.67. The lowest BCUT2D eigenvalue weighted by atomic mass is 9.77. The zero-order valence-electron chi connectivity index (χ0n) is 16.5. The van der Waals surface area contributed by atoms with Crippen molar-refractivity contribution in [3.05, 3.63) is 29.8 Å². The number of amides is 4. The standard InChI is InChI=1S/C20H25N3O6/c1-13-7-9-20(10-8-13)18(26)23(19(27)21-20)22-16(24)12-29-17(25)11-14-3-5-15(28-2)6-4-14/h3-6,13H,7-12H2,1-2H3,(H,21,27)(H,22,24). The lowest BCUT2D eigenvalue weighted by molar-refractivity contribution is -0.150. The smallest absolute Gasteiger partial charge is 0.344 e. The fourth-order valence-corrected chi connectivity index (χ4v) is 3.58. The summed E-state index contributed by atoms with van der Waals surface area (Å²) in [4.78, 5) is 48.8. The molecule has 0 atom stereocenters. The third-order valence-corrected chi connectivity index (χ3v) is 5.40. The largest absolute Gasteiger partial charge is 0.497 e. The Bertz CT molecular complexity index is 799. The molecule has 1 aliphatic carbocycles. The van der Waals surface area contributed by atoms with Crippen LogP contribution in [0.15, 0.2) is 24.3 Å². The molecule has 1 heterocycles. The summed E-state index contributed by atoms with van der Waals surface area (Å²) < 4.78 is 9.99. The van der Waals surface area contributed by atoms with Gasteiger partial charge in [0.05, 0.1) is 13.5 Å². The van der Waals surface area contributed by atoms with E-state index >= 15 is 0 Å². The number of carbonyl (C=O) groups excluding carboxylic acids is 4. The lowest BCUT2D eigenvalue weighted by Gasteiger charge is -2.33. The number of urea groups is 1. The van der Waals surface area contributed by atoms with E-state index in [0.29, 0.717) is 35.1 Å². The summed E-state index contributed by atoms with van der Waals surface area (Å²) >= 11 is 0. The molecule has 9 heteroatoms. The number of carbonyl (C=O) groups is 4. The van der Waals surface area contributed by atoms with Gasteiger partial charge in [-0.3, -0.25) is 19.8 Å². The van der Waals surface area contributed by atoms with Gasteiger partial charge >= 0.3 is 12.0 Å². The van der Waals surface area contributed by atoms with Crippen LogP contribution in [0.2, 0.25) is 0 Å². The maximum Gasteiger partial charge on any atom is 0.344 e. The topological polar surface area (TPSA) is 114 Å². The summed E-state index contributed by atoms with van der Waals surface area (Å²) in [6.07, 6.45) is 2.74. The van der Waals surface area contributed by atoms with E-state index in [1.54, 1.807) is 31.4 Å². The van der Waals surface area contributed by atoms with Crippen LogP contribution in [0.25, 0.3) is 0 Å². The molecule has 29 heavy (non-hydrogen) atoms. The number of imide groups is 1. The number of hydrazine groups is 1. The molecule has 0 unspecified atom stereocenters. The van der Waals surface area contributed by atoms with Gasteiger partial charge in [-0.25, -0.2) is 4.79 Å². The van der Waals surface area contributed by atoms with Gasteiger partial charge in [0.1, 0.15) is 11.3 Å². The quantitative estimate of drug-likeness (QED) is 0.547. The fraction of sp³-hybridized carbons (Fsp3) is 0.500. The highest BCUT2D eigenvalue weighted by Gasteiger charge is 2.52. The molecule has 0 radical (unpaired) electrons. The number of benzene rings is 1. The van der Waals surface area contributed by atoms with Gasteiger partial charge in [-0.1, -0.05) is 19.1 Å². The highest BCUT2D eigenvalue weighted by Crippen LogP contribution is 2.35. The number of rotatable bonds is 6. The van der Waals surface area contributed by atoms with Crippen molar-refractivity contribution in [2.75, 3.05) is 13.7 Å². The molecule has 2 aliphatic rings. The maximum absolute atomic E-state index is 12.7. The van der Waals surface area contributed by atoms with Gasteiger partial charge in [0.25, 0.3) is 11.8 Å². The van der Waals surface area contributed by atoms with Gasteiger partial charge in [-0.2, -0.15) is 5.01 Å². The molecule has 1 saturated heterocycles. The van der Waals surface area contributed by atoms with E-state index < -0.39 is 36.0 Å². The lowest BCUT2D eigenvalue weighted by Crippen LogP contribution is -2.52. The van der Waals surface area contributed by atoms with Gasteiger partial charge in [0, 0.05) is 0 Å². The summed E-state index contributed by atoms with van der Waals surface area (Å²) in [5, 5.41) is 3.40. The molecular formula is C20H25N3O6. The van der Waals surface area contributed by atoms with Crippen LogP contribution in [0, 0.1) is 5.92 Å². The van der Waals surface area contributed by atoms with Crippen molar-refractivity contribution in [1.82, 2.24) is 15.8 Å². The Morgan fingerprint density at radius 1 is 1.21 bits per heavy atom. The van der Waals surface area contributed by atoms with Crippen molar-refractivity contribution in [2.45, 2.75) is 44.6 Å². The van der Waals surface area contributed by atoms with E-state index in [1.807, 2.05) is 0 Å². The van der Waals surface area contributed by atoms with Gasteiger partial charge in [0.15, 0.2) is 6.61 Å². The van der Waals surface area contributed by atoms with E-state index in [4.69, 9.17) is 9.47 Å². The van der Waals surface area contributed by atoms with E-state index in [1.165, 1.54) is 0 Å². The van der Waals surface area contributed by atoms with Crippen LogP contribution < -0.4 is 15.5 Å². The van der Waals surface area contributed by atoms with Crippen molar-refractivity contribution < 1.29 is 28.7 Å². The molecule has 1 aliphatic heterocycles. The van der Waals surface area contributed by atoms with Crippen LogP contribution in [0.1, 0.15) is 38.2 Å². The summed E-state index contributed by atoms with van der Waals surface area (Å²) in [6.45, 7) is 1.52. The molecule has 156 valence electrons. The Hall–Kier alpha value is -3.10. The molecule has 3 rings (SSSR count). The molecule has 0 bridgehead atoms. The van der Waals surface area contributed by atoms with Crippen molar-refractivity contribution in [2.24, 2.45) is 5.92 Å². The maximum atomic E-state index is 12.7.